The van der Waals surface area contributed by atoms with Crippen molar-refractivity contribution in [3.63, 3.8) is 0 Å². The largest absolute Gasteiger partial charge is 0.309 e. The lowest BCUT2D eigenvalue weighted by Crippen LogP contribution is -1.95. The first kappa shape index (κ1) is 30.4. The molecule has 0 amide bonds. The summed E-state index contributed by atoms with van der Waals surface area (Å²) in [4.78, 5) is 0. The highest BCUT2D eigenvalue weighted by atomic mass is 32.1. The molecule has 3 aromatic heterocycles. The highest BCUT2D eigenvalue weighted by Crippen LogP contribution is 2.43. The SMILES string of the molecule is C=C/C=C\C=C(/C)c1ccc2c(c1)c1ccccc1n2-c1ccc(-c2ccc(-n3c4ccccc4c4ccc5c6ccccc6sc5c43)cc2)cc1. The lowest BCUT2D eigenvalue weighted by Gasteiger charge is -2.11. The van der Waals surface area contributed by atoms with Crippen molar-refractivity contribution in [2.24, 2.45) is 0 Å². The number of hydrogen-bond acceptors (Lipinski definition) is 1. The number of rotatable bonds is 6. The molecule has 0 N–H and O–H groups in total. The maximum absolute atomic E-state index is 3.79. The first-order valence-electron chi connectivity index (χ1n) is 17.7. The summed E-state index contributed by atoms with van der Waals surface area (Å²) in [5, 5.41) is 7.73. The van der Waals surface area contributed by atoms with Crippen LogP contribution in [0.2, 0.25) is 0 Å². The van der Waals surface area contributed by atoms with Crippen molar-refractivity contribution < 1.29 is 0 Å². The molecular formula is C49H34N2S. The highest BCUT2D eigenvalue weighted by Gasteiger charge is 2.18. The third-order valence-electron chi connectivity index (χ3n) is 10.5. The van der Waals surface area contributed by atoms with E-state index in [4.69, 9.17) is 0 Å². The minimum atomic E-state index is 1.15. The second kappa shape index (κ2) is 12.1. The summed E-state index contributed by atoms with van der Waals surface area (Å²) in [7, 11) is 0. The first-order chi connectivity index (χ1) is 25.7. The zero-order valence-electron chi connectivity index (χ0n) is 28.8. The van der Waals surface area contributed by atoms with Crippen LogP contribution in [0.3, 0.4) is 0 Å². The smallest absolute Gasteiger partial charge is 0.0719 e. The van der Waals surface area contributed by atoms with Crippen LogP contribution in [0.5, 0.6) is 0 Å². The Morgan fingerprint density at radius 3 is 1.81 bits per heavy atom. The van der Waals surface area contributed by atoms with Gasteiger partial charge in [0.2, 0.25) is 0 Å². The summed E-state index contributed by atoms with van der Waals surface area (Å²) >= 11 is 1.89. The van der Waals surface area contributed by atoms with E-state index in [2.05, 4.69) is 180 Å². The van der Waals surface area contributed by atoms with Crippen molar-refractivity contribution in [1.82, 2.24) is 9.13 Å². The summed E-state index contributed by atoms with van der Waals surface area (Å²) in [5.41, 5.74) is 12.1. The number of benzene rings is 7. The van der Waals surface area contributed by atoms with Crippen LogP contribution >= 0.6 is 11.3 Å². The molecule has 0 aliphatic rings. The van der Waals surface area contributed by atoms with Gasteiger partial charge in [0.25, 0.3) is 0 Å². The topological polar surface area (TPSA) is 9.86 Å². The Hall–Kier alpha value is -6.42. The zero-order chi connectivity index (χ0) is 34.8. The first-order valence-corrected chi connectivity index (χ1v) is 18.5. The molecular weight excluding hydrogens is 649 g/mol. The van der Waals surface area contributed by atoms with Crippen LogP contribution in [0.1, 0.15) is 12.5 Å². The molecule has 3 heterocycles. The van der Waals surface area contributed by atoms with Crippen LogP contribution in [0.4, 0.5) is 0 Å². The molecule has 0 aliphatic heterocycles. The summed E-state index contributed by atoms with van der Waals surface area (Å²) in [6, 6.07) is 55.7. The van der Waals surface area contributed by atoms with E-state index in [0.29, 0.717) is 0 Å². The van der Waals surface area contributed by atoms with Gasteiger partial charge in [0.15, 0.2) is 0 Å². The monoisotopic (exact) mass is 682 g/mol. The number of fused-ring (bicyclic) bond motifs is 10. The number of hydrogen-bond donors (Lipinski definition) is 0. The van der Waals surface area contributed by atoms with Crippen molar-refractivity contribution in [3.05, 3.63) is 188 Å². The molecule has 0 bridgehead atoms. The highest BCUT2D eigenvalue weighted by molar-refractivity contribution is 7.26. The number of allylic oxidation sites excluding steroid dienone is 5. The fraction of sp³-hybridized carbons (Fsp3) is 0.0204. The fourth-order valence-electron chi connectivity index (χ4n) is 7.98. The molecule has 0 radical (unpaired) electrons. The summed E-state index contributed by atoms with van der Waals surface area (Å²) in [5.74, 6) is 0. The van der Waals surface area contributed by atoms with Gasteiger partial charge in [-0.25, -0.2) is 0 Å². The third kappa shape index (κ3) is 4.71. The summed E-state index contributed by atoms with van der Waals surface area (Å²) < 4.78 is 7.50. The average Bonchev–Trinajstić information content (AvgIpc) is 3.86. The Labute approximate surface area is 306 Å². The van der Waals surface area contributed by atoms with Crippen LogP contribution in [0, 0.1) is 0 Å². The lowest BCUT2D eigenvalue weighted by atomic mass is 10.0. The molecule has 0 fully saturated rings. The minimum absolute atomic E-state index is 1.15. The van der Waals surface area contributed by atoms with Crippen LogP contribution in [-0.4, -0.2) is 9.13 Å². The lowest BCUT2D eigenvalue weighted by molar-refractivity contribution is 1.18. The summed E-state index contributed by atoms with van der Waals surface area (Å²) in [6.45, 7) is 5.94. The van der Waals surface area contributed by atoms with E-state index in [1.807, 2.05) is 23.5 Å². The van der Waals surface area contributed by atoms with Gasteiger partial charge < -0.3 is 9.13 Å². The number of nitrogens with zero attached hydrogens (tertiary/aromatic N) is 2. The van der Waals surface area contributed by atoms with Crippen LogP contribution < -0.4 is 0 Å². The van der Waals surface area contributed by atoms with Gasteiger partial charge in [0, 0.05) is 48.4 Å². The van der Waals surface area contributed by atoms with Crippen molar-refractivity contribution in [3.8, 4) is 22.5 Å². The van der Waals surface area contributed by atoms with Gasteiger partial charge in [-0.2, -0.15) is 0 Å². The van der Waals surface area contributed by atoms with Crippen LogP contribution in [-0.2, 0) is 0 Å². The van der Waals surface area contributed by atoms with Crippen LogP contribution in [0.15, 0.2) is 183 Å². The predicted octanol–water partition coefficient (Wildman–Crippen LogP) is 14.1. The van der Waals surface area contributed by atoms with E-state index in [1.165, 1.54) is 91.7 Å². The van der Waals surface area contributed by atoms with E-state index in [-0.39, 0.29) is 0 Å². The molecule has 0 saturated carbocycles. The molecule has 3 heteroatoms. The summed E-state index contributed by atoms with van der Waals surface area (Å²) in [6.07, 6.45) is 7.94. The molecule has 52 heavy (non-hydrogen) atoms. The van der Waals surface area contributed by atoms with E-state index in [1.54, 1.807) is 6.08 Å². The normalized spacial score (nSPS) is 12.4. The van der Waals surface area contributed by atoms with Gasteiger partial charge in [-0.1, -0.05) is 128 Å². The molecule has 0 saturated heterocycles. The fourth-order valence-corrected chi connectivity index (χ4v) is 9.22. The Morgan fingerprint density at radius 2 is 1.10 bits per heavy atom. The molecule has 246 valence electrons. The van der Waals surface area contributed by atoms with Crippen molar-refractivity contribution >= 4 is 80.7 Å². The zero-order valence-corrected chi connectivity index (χ0v) is 29.6. The molecule has 10 rings (SSSR count). The van der Waals surface area contributed by atoms with E-state index in [9.17, 15) is 0 Å². The number of para-hydroxylation sites is 2. The third-order valence-corrected chi connectivity index (χ3v) is 11.7. The van der Waals surface area contributed by atoms with Crippen LogP contribution in [0.25, 0.3) is 91.9 Å². The van der Waals surface area contributed by atoms with Gasteiger partial charge in [-0.15, -0.1) is 11.3 Å². The Morgan fingerprint density at radius 1 is 0.519 bits per heavy atom. The maximum Gasteiger partial charge on any atom is 0.0719 e. The molecule has 10 aromatic rings. The second-order valence-electron chi connectivity index (χ2n) is 13.4. The number of thiophene rings is 1. The average molecular weight is 683 g/mol. The quantitative estimate of drug-likeness (QED) is 0.155. The second-order valence-corrected chi connectivity index (χ2v) is 14.5. The molecule has 0 spiro atoms. The minimum Gasteiger partial charge on any atom is -0.309 e. The molecule has 0 unspecified atom stereocenters. The van der Waals surface area contributed by atoms with E-state index in [0.717, 1.165) is 5.69 Å². The number of aromatic nitrogens is 2. The maximum atomic E-state index is 3.79. The Kier molecular flexibility index (Phi) is 7.09. The molecule has 0 atom stereocenters. The van der Waals surface area contributed by atoms with Crippen molar-refractivity contribution in [1.29, 1.82) is 0 Å². The van der Waals surface area contributed by atoms with Gasteiger partial charge in [-0.05, 0) is 83.8 Å². The van der Waals surface area contributed by atoms with Gasteiger partial charge >= 0.3 is 0 Å². The molecule has 0 aliphatic carbocycles. The van der Waals surface area contributed by atoms with E-state index >= 15 is 0 Å². The molecule has 2 nitrogen and oxygen atoms in total. The van der Waals surface area contributed by atoms with Gasteiger partial charge in [-0.3, -0.25) is 0 Å². The Balaban J connectivity index is 1.04. The standard InChI is InChI=1S/C49H34N2S/c1-3-4-5-12-32(2)35-23-30-46-43(31-35)39-14-7-9-16-44(39)50(46)36-24-19-33(20-25-36)34-21-26-37(27-22-34)51-45-17-10-6-13-38(45)41-28-29-42-40-15-8-11-18-47(40)52-49(42)48(41)51/h3-31H,1H2,2H3/b5-4-,32-12+. The van der Waals surface area contributed by atoms with Crippen molar-refractivity contribution in [2.45, 2.75) is 6.92 Å². The van der Waals surface area contributed by atoms with Gasteiger partial charge in [0.1, 0.15) is 0 Å². The van der Waals surface area contributed by atoms with Gasteiger partial charge in [0.05, 0.1) is 26.8 Å². The molecule has 7 aromatic carbocycles. The van der Waals surface area contributed by atoms with Crippen molar-refractivity contribution in [2.75, 3.05) is 0 Å². The van der Waals surface area contributed by atoms with E-state index < -0.39 is 0 Å². The predicted molar refractivity (Wildman–Crippen MR) is 226 cm³/mol. The Bertz CT molecular complexity index is 3070.